The zero-order chi connectivity index (χ0) is 17.1. The molecule has 1 fully saturated rings. The summed E-state index contributed by atoms with van der Waals surface area (Å²) in [5.74, 6) is -0.00499. The van der Waals surface area contributed by atoms with Crippen LogP contribution >= 0.6 is 11.3 Å². The smallest absolute Gasteiger partial charge is 0.255 e. The fourth-order valence-corrected chi connectivity index (χ4v) is 4.09. The highest BCUT2D eigenvalue weighted by Crippen LogP contribution is 2.27. The summed E-state index contributed by atoms with van der Waals surface area (Å²) in [6.07, 6.45) is 6.45. The van der Waals surface area contributed by atoms with Crippen molar-refractivity contribution in [1.29, 1.82) is 0 Å². The minimum atomic E-state index is -0.00499. The summed E-state index contributed by atoms with van der Waals surface area (Å²) in [4.78, 5) is 13.9. The molecule has 1 aliphatic carbocycles. The molecule has 128 valence electrons. The van der Waals surface area contributed by atoms with Gasteiger partial charge in [0.25, 0.3) is 5.91 Å². The van der Waals surface area contributed by atoms with Crippen LogP contribution in [0, 0.1) is 0 Å². The predicted octanol–water partition coefficient (Wildman–Crippen LogP) is 4.33. The maximum Gasteiger partial charge on any atom is 0.255 e. The first kappa shape index (κ1) is 16.1. The van der Waals surface area contributed by atoms with Gasteiger partial charge in [-0.2, -0.15) is 5.10 Å². The number of hydrogen-bond donors (Lipinski definition) is 1. The van der Waals surface area contributed by atoms with Crippen molar-refractivity contribution in [3.63, 3.8) is 0 Å². The van der Waals surface area contributed by atoms with E-state index in [0.29, 0.717) is 18.2 Å². The third-order valence-electron chi connectivity index (χ3n) is 4.64. The van der Waals surface area contributed by atoms with Crippen molar-refractivity contribution < 1.29 is 4.79 Å². The third-order valence-corrected chi connectivity index (χ3v) is 5.52. The molecule has 0 saturated heterocycles. The number of amides is 1. The van der Waals surface area contributed by atoms with Crippen LogP contribution in [0.3, 0.4) is 0 Å². The van der Waals surface area contributed by atoms with Gasteiger partial charge in [-0.25, -0.2) is 0 Å². The average molecular weight is 351 g/mol. The van der Waals surface area contributed by atoms with Crippen molar-refractivity contribution in [2.75, 3.05) is 0 Å². The summed E-state index contributed by atoms with van der Waals surface area (Å²) >= 11 is 1.61. The van der Waals surface area contributed by atoms with E-state index in [1.165, 1.54) is 18.4 Å². The maximum atomic E-state index is 12.8. The molecule has 5 heteroatoms. The highest BCUT2D eigenvalue weighted by molar-refractivity contribution is 7.13. The predicted molar refractivity (Wildman–Crippen MR) is 101 cm³/mol. The molecule has 0 atom stereocenters. The van der Waals surface area contributed by atoms with Crippen LogP contribution in [0.4, 0.5) is 0 Å². The molecule has 3 aromatic rings. The van der Waals surface area contributed by atoms with Gasteiger partial charge in [0.2, 0.25) is 0 Å². The van der Waals surface area contributed by atoms with Crippen LogP contribution in [0.15, 0.2) is 54.0 Å². The Morgan fingerprint density at radius 1 is 1.16 bits per heavy atom. The Hall–Kier alpha value is -2.40. The second kappa shape index (κ2) is 7.23. The van der Waals surface area contributed by atoms with Crippen molar-refractivity contribution in [2.24, 2.45) is 0 Å². The zero-order valence-electron chi connectivity index (χ0n) is 14.0. The number of carbonyl (C=O) groups is 1. The Morgan fingerprint density at radius 3 is 2.68 bits per heavy atom. The number of hydrogen-bond acceptors (Lipinski definition) is 3. The zero-order valence-corrected chi connectivity index (χ0v) is 14.8. The molecule has 2 aromatic heterocycles. The fraction of sp³-hybridized carbons (Fsp3) is 0.300. The average Bonchev–Trinajstić information content (AvgIpc) is 3.37. The molecule has 25 heavy (non-hydrogen) atoms. The first-order valence-corrected chi connectivity index (χ1v) is 9.64. The highest BCUT2D eigenvalue weighted by atomic mass is 32.1. The molecule has 1 amide bonds. The van der Waals surface area contributed by atoms with Gasteiger partial charge in [-0.15, -0.1) is 11.3 Å². The number of carbonyl (C=O) groups excluding carboxylic acids is 1. The molecule has 0 radical (unpaired) electrons. The van der Waals surface area contributed by atoms with E-state index < -0.39 is 0 Å². The number of benzene rings is 1. The summed E-state index contributed by atoms with van der Waals surface area (Å²) < 4.78 is 1.87. The van der Waals surface area contributed by atoms with Gasteiger partial charge >= 0.3 is 0 Å². The summed E-state index contributed by atoms with van der Waals surface area (Å²) in [5, 5.41) is 9.91. The van der Waals surface area contributed by atoms with E-state index >= 15 is 0 Å². The molecule has 1 N–H and O–H groups in total. The lowest BCUT2D eigenvalue weighted by Gasteiger charge is -2.11. The van der Waals surface area contributed by atoms with Gasteiger partial charge in [-0.3, -0.25) is 9.48 Å². The molecule has 4 rings (SSSR count). The van der Waals surface area contributed by atoms with Gasteiger partial charge in [0.05, 0.1) is 17.0 Å². The van der Waals surface area contributed by atoms with Crippen LogP contribution in [0.1, 0.15) is 41.6 Å². The van der Waals surface area contributed by atoms with Gasteiger partial charge in [-0.05, 0) is 29.9 Å². The standard InChI is InChI=1S/C20H21N3OS/c24-20(21-16-9-4-5-10-16)17-14-23(13-15-7-2-1-3-8-15)22-19(17)18-11-6-12-25-18/h1-3,6-8,11-12,14,16H,4-5,9-10,13H2,(H,21,24). The molecule has 2 heterocycles. The molecule has 1 saturated carbocycles. The lowest BCUT2D eigenvalue weighted by molar-refractivity contribution is 0.0938. The second-order valence-corrected chi connectivity index (χ2v) is 7.45. The highest BCUT2D eigenvalue weighted by Gasteiger charge is 2.23. The summed E-state index contributed by atoms with van der Waals surface area (Å²) in [6.45, 7) is 0.663. The van der Waals surface area contributed by atoms with Gasteiger partial charge < -0.3 is 5.32 Å². The van der Waals surface area contributed by atoms with Crippen LogP contribution in [0.5, 0.6) is 0 Å². The normalized spacial score (nSPS) is 14.7. The van der Waals surface area contributed by atoms with Crippen LogP contribution in [0.2, 0.25) is 0 Å². The molecule has 0 bridgehead atoms. The lowest BCUT2D eigenvalue weighted by atomic mass is 10.2. The van der Waals surface area contributed by atoms with Crippen molar-refractivity contribution in [2.45, 2.75) is 38.3 Å². The van der Waals surface area contributed by atoms with E-state index in [1.54, 1.807) is 11.3 Å². The molecular weight excluding hydrogens is 330 g/mol. The SMILES string of the molecule is O=C(NC1CCCC1)c1cn(Cc2ccccc2)nc1-c1cccs1. The molecular formula is C20H21N3OS. The molecule has 1 aliphatic rings. The van der Waals surface area contributed by atoms with E-state index in [-0.39, 0.29) is 5.91 Å². The topological polar surface area (TPSA) is 46.9 Å². The summed E-state index contributed by atoms with van der Waals surface area (Å²) in [5.41, 5.74) is 2.62. The van der Waals surface area contributed by atoms with E-state index in [0.717, 1.165) is 23.4 Å². The van der Waals surface area contributed by atoms with Gasteiger partial charge in [-0.1, -0.05) is 49.2 Å². The van der Waals surface area contributed by atoms with Crippen LogP contribution in [-0.4, -0.2) is 21.7 Å². The largest absolute Gasteiger partial charge is 0.349 e. The molecule has 0 unspecified atom stereocenters. The Morgan fingerprint density at radius 2 is 1.96 bits per heavy atom. The number of nitrogens with one attached hydrogen (secondary N) is 1. The van der Waals surface area contributed by atoms with Gasteiger partial charge in [0, 0.05) is 12.2 Å². The third kappa shape index (κ3) is 3.66. The number of aromatic nitrogens is 2. The number of rotatable bonds is 5. The molecule has 0 spiro atoms. The number of thiophene rings is 1. The Balaban J connectivity index is 1.62. The van der Waals surface area contributed by atoms with Crippen LogP contribution in [0.25, 0.3) is 10.6 Å². The molecule has 1 aromatic carbocycles. The minimum Gasteiger partial charge on any atom is -0.349 e. The second-order valence-electron chi connectivity index (χ2n) is 6.51. The Labute approximate surface area is 151 Å². The summed E-state index contributed by atoms with van der Waals surface area (Å²) in [7, 11) is 0. The van der Waals surface area contributed by atoms with Crippen LogP contribution in [-0.2, 0) is 6.54 Å². The van der Waals surface area contributed by atoms with Crippen molar-refractivity contribution >= 4 is 17.2 Å². The van der Waals surface area contributed by atoms with Crippen LogP contribution < -0.4 is 5.32 Å². The first-order chi connectivity index (χ1) is 12.3. The Kier molecular flexibility index (Phi) is 4.65. The van der Waals surface area contributed by atoms with E-state index in [9.17, 15) is 4.79 Å². The van der Waals surface area contributed by atoms with Gasteiger partial charge in [0.15, 0.2) is 0 Å². The molecule has 0 aliphatic heterocycles. The monoisotopic (exact) mass is 351 g/mol. The maximum absolute atomic E-state index is 12.8. The van der Waals surface area contributed by atoms with Crippen molar-refractivity contribution in [3.8, 4) is 10.6 Å². The van der Waals surface area contributed by atoms with Gasteiger partial charge in [0.1, 0.15) is 5.69 Å². The van der Waals surface area contributed by atoms with E-state index in [1.807, 2.05) is 46.6 Å². The summed E-state index contributed by atoms with van der Waals surface area (Å²) in [6, 6.07) is 14.5. The van der Waals surface area contributed by atoms with E-state index in [2.05, 4.69) is 17.4 Å². The van der Waals surface area contributed by atoms with E-state index in [4.69, 9.17) is 5.10 Å². The quantitative estimate of drug-likeness (QED) is 0.743. The lowest BCUT2D eigenvalue weighted by Crippen LogP contribution is -2.32. The molecule has 4 nitrogen and oxygen atoms in total. The Bertz CT molecular complexity index is 833. The van der Waals surface area contributed by atoms with Crippen molar-refractivity contribution in [1.82, 2.24) is 15.1 Å². The first-order valence-electron chi connectivity index (χ1n) is 8.76. The minimum absolute atomic E-state index is 0.00499. The number of nitrogens with zero attached hydrogens (tertiary/aromatic N) is 2. The van der Waals surface area contributed by atoms with Crippen molar-refractivity contribution in [3.05, 3.63) is 65.2 Å². The fourth-order valence-electron chi connectivity index (χ4n) is 3.37.